The maximum atomic E-state index is 6.04. The molecule has 2 N–H and O–H groups in total. The average molecular weight is 237 g/mol. The van der Waals surface area contributed by atoms with Crippen molar-refractivity contribution in [2.45, 2.75) is 32.2 Å². The Labute approximate surface area is 101 Å². The molecule has 2 nitrogen and oxygen atoms in total. The smallest absolute Gasteiger partial charge is 0.0593 e. The number of anilines is 2. The van der Waals surface area contributed by atoms with E-state index < -0.39 is 0 Å². The lowest BCUT2D eigenvalue weighted by Crippen LogP contribution is -2.36. The highest BCUT2D eigenvalue weighted by molar-refractivity contribution is 6.31. The molecule has 2 aliphatic rings. The summed E-state index contributed by atoms with van der Waals surface area (Å²) in [4.78, 5) is 0. The third kappa shape index (κ3) is 1.56. The van der Waals surface area contributed by atoms with E-state index in [2.05, 4.69) is 23.6 Å². The molecular formula is C13H17ClN2. The van der Waals surface area contributed by atoms with Crippen LogP contribution in [0.5, 0.6) is 0 Å². The summed E-state index contributed by atoms with van der Waals surface area (Å²) in [6, 6.07) is 6.61. The van der Waals surface area contributed by atoms with Gasteiger partial charge in [0.25, 0.3) is 0 Å². The Morgan fingerprint density at radius 3 is 3.12 bits per heavy atom. The van der Waals surface area contributed by atoms with E-state index in [0.29, 0.717) is 11.5 Å². The van der Waals surface area contributed by atoms with Gasteiger partial charge in [-0.3, -0.25) is 0 Å². The van der Waals surface area contributed by atoms with E-state index in [-0.39, 0.29) is 0 Å². The van der Waals surface area contributed by atoms with E-state index in [1.165, 1.54) is 24.9 Å². The fraction of sp³-hybridized carbons (Fsp3) is 0.538. The fourth-order valence-corrected chi connectivity index (χ4v) is 3.14. The maximum Gasteiger partial charge on any atom is 0.0593 e. The van der Waals surface area contributed by atoms with Crippen LogP contribution in [-0.4, -0.2) is 12.6 Å². The van der Waals surface area contributed by atoms with Crippen LogP contribution < -0.4 is 10.6 Å². The molecule has 0 aromatic heterocycles. The highest BCUT2D eigenvalue weighted by Crippen LogP contribution is 2.43. The lowest BCUT2D eigenvalue weighted by molar-refractivity contribution is 0.335. The average Bonchev–Trinajstić information content (AvgIpc) is 2.54. The Balaban J connectivity index is 1.98. The number of nitrogens with one attached hydrogen (secondary N) is 2. The molecule has 3 rings (SSSR count). The van der Waals surface area contributed by atoms with Gasteiger partial charge in [-0.25, -0.2) is 0 Å². The van der Waals surface area contributed by atoms with Crippen molar-refractivity contribution >= 4 is 23.0 Å². The van der Waals surface area contributed by atoms with E-state index in [1.807, 2.05) is 12.1 Å². The molecule has 1 aliphatic heterocycles. The zero-order chi connectivity index (χ0) is 11.2. The molecule has 2 atom stereocenters. The molecule has 1 aliphatic carbocycles. The highest BCUT2D eigenvalue weighted by Gasteiger charge is 2.40. The molecular weight excluding hydrogens is 220 g/mol. The van der Waals surface area contributed by atoms with E-state index in [9.17, 15) is 0 Å². The van der Waals surface area contributed by atoms with Crippen LogP contribution in [0, 0.1) is 5.41 Å². The first-order valence-corrected chi connectivity index (χ1v) is 6.35. The quantitative estimate of drug-likeness (QED) is 0.717. The van der Waals surface area contributed by atoms with Crippen LogP contribution in [0.2, 0.25) is 5.02 Å². The molecule has 1 fully saturated rings. The minimum atomic E-state index is 0.380. The molecule has 1 heterocycles. The molecule has 2 unspecified atom stereocenters. The number of rotatable bonds is 0. The second-order valence-electron chi connectivity index (χ2n) is 5.29. The molecule has 86 valence electrons. The molecule has 0 radical (unpaired) electrons. The largest absolute Gasteiger partial charge is 0.383 e. The summed E-state index contributed by atoms with van der Waals surface area (Å²) in [5, 5.41) is 8.00. The lowest BCUT2D eigenvalue weighted by atomic mass is 9.85. The van der Waals surface area contributed by atoms with Crippen LogP contribution >= 0.6 is 11.6 Å². The summed E-state index contributed by atoms with van der Waals surface area (Å²) < 4.78 is 0. The van der Waals surface area contributed by atoms with E-state index in [4.69, 9.17) is 11.6 Å². The predicted molar refractivity (Wildman–Crippen MR) is 69.3 cm³/mol. The summed E-state index contributed by atoms with van der Waals surface area (Å²) in [5.74, 6) is 0. The van der Waals surface area contributed by atoms with Crippen molar-refractivity contribution in [3.63, 3.8) is 0 Å². The second-order valence-corrected chi connectivity index (χ2v) is 5.72. The molecule has 0 bridgehead atoms. The lowest BCUT2D eigenvalue weighted by Gasteiger charge is -2.29. The minimum absolute atomic E-state index is 0.380. The number of hydrogen-bond acceptors (Lipinski definition) is 2. The highest BCUT2D eigenvalue weighted by atomic mass is 35.5. The summed E-state index contributed by atoms with van der Waals surface area (Å²) in [5.41, 5.74) is 2.72. The van der Waals surface area contributed by atoms with Crippen molar-refractivity contribution in [3.05, 3.63) is 23.2 Å². The third-order valence-corrected chi connectivity index (χ3v) is 4.31. The van der Waals surface area contributed by atoms with E-state index in [1.54, 1.807) is 0 Å². The minimum Gasteiger partial charge on any atom is -0.383 e. The van der Waals surface area contributed by atoms with Crippen LogP contribution in [0.1, 0.15) is 26.2 Å². The zero-order valence-electron chi connectivity index (χ0n) is 9.52. The van der Waals surface area contributed by atoms with Gasteiger partial charge in [-0.2, -0.15) is 0 Å². The van der Waals surface area contributed by atoms with Crippen molar-refractivity contribution in [2.24, 2.45) is 5.41 Å². The number of halogens is 1. The van der Waals surface area contributed by atoms with Gasteiger partial charge < -0.3 is 10.6 Å². The SMILES string of the molecule is CC12CCCC1Nc1cc(Cl)ccc1NC2. The third-order valence-electron chi connectivity index (χ3n) is 4.08. The first kappa shape index (κ1) is 10.3. The van der Waals surface area contributed by atoms with E-state index in [0.717, 1.165) is 17.3 Å². The molecule has 1 saturated carbocycles. The number of fused-ring (bicyclic) bond motifs is 2. The van der Waals surface area contributed by atoms with Crippen LogP contribution in [0.15, 0.2) is 18.2 Å². The summed E-state index contributed by atoms with van der Waals surface area (Å²) in [7, 11) is 0. The van der Waals surface area contributed by atoms with E-state index >= 15 is 0 Å². The molecule has 0 amide bonds. The van der Waals surface area contributed by atoms with Gasteiger partial charge in [0.2, 0.25) is 0 Å². The second kappa shape index (κ2) is 3.56. The first-order valence-electron chi connectivity index (χ1n) is 5.97. The molecule has 0 saturated heterocycles. The molecule has 3 heteroatoms. The van der Waals surface area contributed by atoms with Gasteiger partial charge in [-0.15, -0.1) is 0 Å². The summed E-state index contributed by atoms with van der Waals surface area (Å²) in [6.45, 7) is 3.43. The van der Waals surface area contributed by atoms with Gasteiger partial charge >= 0.3 is 0 Å². The molecule has 16 heavy (non-hydrogen) atoms. The Morgan fingerprint density at radius 1 is 1.38 bits per heavy atom. The fourth-order valence-electron chi connectivity index (χ4n) is 2.97. The standard InChI is InChI=1S/C13H17ClN2/c1-13-6-2-3-12(13)16-11-7-9(14)4-5-10(11)15-8-13/h4-5,7,12,15-16H,2-3,6,8H2,1H3. The van der Waals surface area contributed by atoms with Gasteiger partial charge in [0.15, 0.2) is 0 Å². The molecule has 0 spiro atoms. The van der Waals surface area contributed by atoms with Gasteiger partial charge in [0.1, 0.15) is 0 Å². The number of hydrogen-bond donors (Lipinski definition) is 2. The first-order chi connectivity index (χ1) is 7.67. The van der Waals surface area contributed by atoms with Gasteiger partial charge in [-0.05, 0) is 31.0 Å². The van der Waals surface area contributed by atoms with Crippen molar-refractivity contribution in [2.75, 3.05) is 17.2 Å². The Kier molecular flexibility index (Phi) is 2.28. The van der Waals surface area contributed by atoms with Crippen LogP contribution in [-0.2, 0) is 0 Å². The Morgan fingerprint density at radius 2 is 2.25 bits per heavy atom. The summed E-state index contributed by atoms with van der Waals surface area (Å²) >= 11 is 6.04. The van der Waals surface area contributed by atoms with Gasteiger partial charge in [-0.1, -0.05) is 24.9 Å². The van der Waals surface area contributed by atoms with Crippen LogP contribution in [0.25, 0.3) is 0 Å². The Hall–Kier alpha value is -0.890. The Bertz CT molecular complexity index is 418. The molecule has 1 aromatic rings. The monoisotopic (exact) mass is 236 g/mol. The van der Waals surface area contributed by atoms with Crippen molar-refractivity contribution in [1.29, 1.82) is 0 Å². The van der Waals surface area contributed by atoms with Crippen molar-refractivity contribution < 1.29 is 0 Å². The molecule has 1 aromatic carbocycles. The van der Waals surface area contributed by atoms with Crippen molar-refractivity contribution in [3.8, 4) is 0 Å². The van der Waals surface area contributed by atoms with Gasteiger partial charge in [0.05, 0.1) is 11.4 Å². The normalized spacial score (nSPS) is 32.0. The van der Waals surface area contributed by atoms with Crippen molar-refractivity contribution in [1.82, 2.24) is 0 Å². The zero-order valence-corrected chi connectivity index (χ0v) is 10.3. The maximum absolute atomic E-state index is 6.04. The van der Waals surface area contributed by atoms with Crippen LogP contribution in [0.4, 0.5) is 11.4 Å². The van der Waals surface area contributed by atoms with Gasteiger partial charge in [0, 0.05) is 23.0 Å². The van der Waals surface area contributed by atoms with Crippen LogP contribution in [0.3, 0.4) is 0 Å². The topological polar surface area (TPSA) is 24.1 Å². The predicted octanol–water partition coefficient (Wildman–Crippen LogP) is 3.74. The number of benzene rings is 1. The summed E-state index contributed by atoms with van der Waals surface area (Å²) in [6.07, 6.45) is 3.90.